The number of anilines is 2. The normalized spacial score (nSPS) is 14.0. The van der Waals surface area contributed by atoms with Crippen LogP contribution < -0.4 is 10.2 Å². The van der Waals surface area contributed by atoms with Crippen LogP contribution in [0.2, 0.25) is 0 Å². The largest absolute Gasteiger partial charge is 0.350 e. The summed E-state index contributed by atoms with van der Waals surface area (Å²) in [6.45, 7) is 2.14. The zero-order valence-electron chi connectivity index (χ0n) is 16.5. The van der Waals surface area contributed by atoms with Gasteiger partial charge in [0.1, 0.15) is 11.5 Å². The van der Waals surface area contributed by atoms with Crippen LogP contribution in [0.1, 0.15) is 30.2 Å². The zero-order valence-corrected chi connectivity index (χ0v) is 17.3. The van der Waals surface area contributed by atoms with Gasteiger partial charge in [-0.05, 0) is 60.2 Å². The molecule has 0 spiro atoms. The Labute approximate surface area is 178 Å². The number of benzene rings is 2. The van der Waals surface area contributed by atoms with Gasteiger partial charge in [-0.15, -0.1) is 11.3 Å². The lowest BCUT2D eigenvalue weighted by Gasteiger charge is -2.16. The summed E-state index contributed by atoms with van der Waals surface area (Å²) in [6, 6.07) is 17.0. The molecule has 1 aliphatic rings. The first-order chi connectivity index (χ1) is 14.6. The molecule has 0 unspecified atom stereocenters. The number of thiophene rings is 1. The van der Waals surface area contributed by atoms with Gasteiger partial charge in [0, 0.05) is 10.6 Å². The maximum Gasteiger partial charge on any atom is 0.282 e. The molecule has 1 aromatic heterocycles. The van der Waals surface area contributed by atoms with Crippen molar-refractivity contribution in [2.75, 3.05) is 10.2 Å². The highest BCUT2D eigenvalue weighted by molar-refractivity contribution is 7.11. The number of hydrogen-bond donors (Lipinski definition) is 1. The van der Waals surface area contributed by atoms with Gasteiger partial charge >= 0.3 is 0 Å². The number of nitrogens with one attached hydrogen (secondary N) is 1. The number of unbranched alkanes of at least 4 members (excludes halogenated alkanes) is 1. The molecule has 1 N–H and O–H groups in total. The summed E-state index contributed by atoms with van der Waals surface area (Å²) in [5, 5.41) is 4.83. The minimum Gasteiger partial charge on any atom is -0.350 e. The Balaban J connectivity index is 1.69. The first kappa shape index (κ1) is 20.0. The summed E-state index contributed by atoms with van der Waals surface area (Å²) in [4.78, 5) is 28.4. The van der Waals surface area contributed by atoms with Crippen molar-refractivity contribution in [3.8, 4) is 0 Å². The van der Waals surface area contributed by atoms with Crippen molar-refractivity contribution < 1.29 is 14.0 Å². The van der Waals surface area contributed by atoms with Crippen molar-refractivity contribution >= 4 is 40.1 Å². The molecule has 0 saturated carbocycles. The van der Waals surface area contributed by atoms with E-state index < -0.39 is 11.7 Å². The molecule has 0 saturated heterocycles. The summed E-state index contributed by atoms with van der Waals surface area (Å²) in [5.74, 6) is -1.26. The SMILES string of the molecule is CCCCc1ccc(N2C(=O)C(Nc3cccc(F)c3)=C(c3cccs3)C2=O)cc1. The van der Waals surface area contributed by atoms with E-state index in [0.29, 0.717) is 21.8 Å². The van der Waals surface area contributed by atoms with E-state index in [1.54, 1.807) is 30.3 Å². The van der Waals surface area contributed by atoms with Crippen LogP contribution in [0, 0.1) is 5.82 Å². The minimum atomic E-state index is -0.450. The van der Waals surface area contributed by atoms with Gasteiger partial charge in [-0.25, -0.2) is 9.29 Å². The van der Waals surface area contributed by atoms with Gasteiger partial charge in [-0.3, -0.25) is 9.59 Å². The van der Waals surface area contributed by atoms with E-state index in [9.17, 15) is 14.0 Å². The van der Waals surface area contributed by atoms with Gasteiger partial charge < -0.3 is 5.32 Å². The van der Waals surface area contributed by atoms with Crippen LogP contribution >= 0.6 is 11.3 Å². The molecule has 1 aliphatic heterocycles. The van der Waals surface area contributed by atoms with Gasteiger partial charge in [0.25, 0.3) is 11.8 Å². The van der Waals surface area contributed by atoms with Gasteiger partial charge in [0.05, 0.1) is 11.3 Å². The number of imide groups is 1. The average molecular weight is 421 g/mol. The van der Waals surface area contributed by atoms with Crippen LogP contribution in [0.3, 0.4) is 0 Å². The van der Waals surface area contributed by atoms with Crippen molar-refractivity contribution in [1.29, 1.82) is 0 Å². The molecule has 30 heavy (non-hydrogen) atoms. The quantitative estimate of drug-likeness (QED) is 0.504. The van der Waals surface area contributed by atoms with Gasteiger partial charge in [0.2, 0.25) is 0 Å². The fraction of sp³-hybridized carbons (Fsp3) is 0.167. The van der Waals surface area contributed by atoms with Crippen molar-refractivity contribution in [1.82, 2.24) is 0 Å². The second-order valence-corrected chi connectivity index (χ2v) is 8.03. The fourth-order valence-electron chi connectivity index (χ4n) is 3.43. The second-order valence-electron chi connectivity index (χ2n) is 7.08. The molecule has 0 radical (unpaired) electrons. The van der Waals surface area contributed by atoms with Crippen LogP contribution in [0.15, 0.2) is 71.7 Å². The first-order valence-electron chi connectivity index (χ1n) is 9.87. The molecule has 6 heteroatoms. The van der Waals surface area contributed by atoms with E-state index in [4.69, 9.17) is 0 Å². The molecule has 4 rings (SSSR count). The molecule has 3 aromatic rings. The summed E-state index contributed by atoms with van der Waals surface area (Å²) < 4.78 is 13.6. The molecule has 0 atom stereocenters. The molecule has 0 fully saturated rings. The van der Waals surface area contributed by atoms with E-state index in [-0.39, 0.29) is 11.6 Å². The topological polar surface area (TPSA) is 49.4 Å². The number of nitrogens with zero attached hydrogens (tertiary/aromatic N) is 1. The lowest BCUT2D eigenvalue weighted by Crippen LogP contribution is -2.32. The van der Waals surface area contributed by atoms with Gasteiger partial charge in [-0.2, -0.15) is 0 Å². The van der Waals surface area contributed by atoms with Crippen molar-refractivity contribution in [2.45, 2.75) is 26.2 Å². The second kappa shape index (κ2) is 8.63. The Bertz CT molecular complexity index is 1100. The predicted octanol–water partition coefficient (Wildman–Crippen LogP) is 5.63. The lowest BCUT2D eigenvalue weighted by atomic mass is 10.1. The molecule has 152 valence electrons. The number of hydrogen-bond acceptors (Lipinski definition) is 4. The molecule has 4 nitrogen and oxygen atoms in total. The molecule has 2 aromatic carbocycles. The molecular formula is C24H21FN2O2S. The number of carbonyl (C=O) groups is 2. The van der Waals surface area contributed by atoms with Crippen LogP contribution in [0.5, 0.6) is 0 Å². The number of rotatable bonds is 7. The highest BCUT2D eigenvalue weighted by Crippen LogP contribution is 2.35. The zero-order chi connectivity index (χ0) is 21.1. The maximum absolute atomic E-state index is 13.6. The lowest BCUT2D eigenvalue weighted by molar-refractivity contribution is -0.120. The highest BCUT2D eigenvalue weighted by Gasteiger charge is 2.40. The maximum atomic E-state index is 13.6. The molecule has 2 heterocycles. The summed E-state index contributed by atoms with van der Waals surface area (Å²) in [6.07, 6.45) is 3.16. The number of halogens is 1. The molecule has 2 amide bonds. The van der Waals surface area contributed by atoms with E-state index >= 15 is 0 Å². The van der Waals surface area contributed by atoms with Gasteiger partial charge in [-0.1, -0.05) is 37.6 Å². The minimum absolute atomic E-state index is 0.156. The smallest absolute Gasteiger partial charge is 0.282 e. The van der Waals surface area contributed by atoms with Crippen molar-refractivity contribution in [3.05, 3.63) is 88.0 Å². The van der Waals surface area contributed by atoms with Crippen LogP contribution in [0.4, 0.5) is 15.8 Å². The third-order valence-electron chi connectivity index (χ3n) is 4.96. The molecular weight excluding hydrogens is 399 g/mol. The van der Waals surface area contributed by atoms with Crippen molar-refractivity contribution in [2.24, 2.45) is 0 Å². The van der Waals surface area contributed by atoms with E-state index in [1.807, 2.05) is 23.6 Å². The third-order valence-corrected chi connectivity index (χ3v) is 5.85. The Morgan fingerprint density at radius 3 is 2.47 bits per heavy atom. The van der Waals surface area contributed by atoms with E-state index in [1.165, 1.54) is 33.9 Å². The highest BCUT2D eigenvalue weighted by atomic mass is 32.1. The van der Waals surface area contributed by atoms with E-state index in [0.717, 1.165) is 19.3 Å². The third kappa shape index (κ3) is 3.91. The van der Waals surface area contributed by atoms with Crippen LogP contribution in [-0.4, -0.2) is 11.8 Å². The summed E-state index contributed by atoms with van der Waals surface area (Å²) in [7, 11) is 0. The Morgan fingerprint density at radius 2 is 1.80 bits per heavy atom. The van der Waals surface area contributed by atoms with Crippen LogP contribution in [0.25, 0.3) is 5.57 Å². The first-order valence-corrected chi connectivity index (χ1v) is 10.7. The van der Waals surface area contributed by atoms with Crippen LogP contribution in [-0.2, 0) is 16.0 Å². The van der Waals surface area contributed by atoms with E-state index in [2.05, 4.69) is 12.2 Å². The number of amides is 2. The average Bonchev–Trinajstić information content (AvgIpc) is 3.34. The predicted molar refractivity (Wildman–Crippen MR) is 119 cm³/mol. The summed E-state index contributed by atoms with van der Waals surface area (Å²) in [5.41, 5.74) is 2.56. The van der Waals surface area contributed by atoms with Gasteiger partial charge in [0.15, 0.2) is 0 Å². The Kier molecular flexibility index (Phi) is 5.77. The number of carbonyl (C=O) groups excluding carboxylic acids is 2. The fourth-order valence-corrected chi connectivity index (χ4v) is 4.20. The molecule has 0 bridgehead atoms. The van der Waals surface area contributed by atoms with Crippen molar-refractivity contribution in [3.63, 3.8) is 0 Å². The summed E-state index contributed by atoms with van der Waals surface area (Å²) >= 11 is 1.38. The Hall–Kier alpha value is -3.25. The Morgan fingerprint density at radius 1 is 1.00 bits per heavy atom. The molecule has 0 aliphatic carbocycles. The monoisotopic (exact) mass is 420 g/mol. The standard InChI is InChI=1S/C24H21FN2O2S/c1-2-3-6-16-10-12-19(13-11-16)27-23(28)21(20-9-5-14-30-20)22(24(27)29)26-18-8-4-7-17(25)15-18/h4-5,7-15,26H,2-3,6H2,1H3. The number of aryl methyl sites for hydroxylation is 1.